The number of anilines is 1. The van der Waals surface area contributed by atoms with Crippen molar-refractivity contribution in [3.63, 3.8) is 0 Å². The Morgan fingerprint density at radius 3 is 2.59 bits per heavy atom. The lowest BCUT2D eigenvalue weighted by Crippen LogP contribution is -2.54. The largest absolute Gasteiger partial charge is 0.371 e. The fourth-order valence-corrected chi connectivity index (χ4v) is 6.64. The van der Waals surface area contributed by atoms with Gasteiger partial charge in [-0.2, -0.15) is 0 Å². The molecule has 0 atom stereocenters. The quantitative estimate of drug-likeness (QED) is 0.475. The predicted octanol–water partition coefficient (Wildman–Crippen LogP) is 4.00. The number of carbonyl (C=O) groups excluding carboxylic acids is 2. The maximum atomic E-state index is 13.9. The second kappa shape index (κ2) is 8.84. The molecule has 0 radical (unpaired) electrons. The minimum Gasteiger partial charge on any atom is -0.371 e. The van der Waals surface area contributed by atoms with Gasteiger partial charge in [-0.1, -0.05) is 32.9 Å². The van der Waals surface area contributed by atoms with E-state index < -0.39 is 0 Å². The van der Waals surface area contributed by atoms with E-state index in [0.29, 0.717) is 12.6 Å². The van der Waals surface area contributed by atoms with Crippen LogP contribution in [0.15, 0.2) is 30.3 Å². The number of aryl methyl sites for hydroxylation is 1. The van der Waals surface area contributed by atoms with E-state index in [0.717, 1.165) is 84.3 Å². The number of aromatic amines is 1. The van der Waals surface area contributed by atoms with Gasteiger partial charge in [0.15, 0.2) is 5.78 Å². The molecule has 192 valence electrons. The summed E-state index contributed by atoms with van der Waals surface area (Å²) in [6, 6.07) is 10.7. The van der Waals surface area contributed by atoms with Gasteiger partial charge in [-0.25, -0.2) is 0 Å². The molecule has 0 spiro atoms. The van der Waals surface area contributed by atoms with Crippen LogP contribution >= 0.6 is 0 Å². The zero-order valence-corrected chi connectivity index (χ0v) is 21.9. The molecule has 2 aromatic carbocycles. The summed E-state index contributed by atoms with van der Waals surface area (Å²) in [7, 11) is 0. The summed E-state index contributed by atoms with van der Waals surface area (Å²) in [5.41, 5.74) is 7.43. The molecule has 0 unspecified atom stereocenters. The highest BCUT2D eigenvalue weighted by Gasteiger charge is 2.41. The van der Waals surface area contributed by atoms with Crippen LogP contribution in [0.1, 0.15) is 71.9 Å². The Morgan fingerprint density at radius 2 is 1.89 bits per heavy atom. The number of ketones is 1. The van der Waals surface area contributed by atoms with E-state index >= 15 is 0 Å². The number of carbonyl (C=O) groups is 2. The van der Waals surface area contributed by atoms with Crippen molar-refractivity contribution in [3.8, 4) is 0 Å². The van der Waals surface area contributed by atoms with Crippen LogP contribution in [0, 0.1) is 5.41 Å². The molecule has 2 fully saturated rings. The number of H-pyrrole nitrogens is 1. The number of aromatic nitrogens is 1. The number of hydrogen-bond acceptors (Lipinski definition) is 5. The van der Waals surface area contributed by atoms with Crippen LogP contribution in [0.3, 0.4) is 0 Å². The minimum absolute atomic E-state index is 0.0847. The molecule has 1 aliphatic carbocycles. The molecular formula is C30H35N5O2. The van der Waals surface area contributed by atoms with Crippen molar-refractivity contribution in [2.75, 3.05) is 37.6 Å². The van der Waals surface area contributed by atoms with Crippen LogP contribution in [0.5, 0.6) is 0 Å². The van der Waals surface area contributed by atoms with Crippen LogP contribution in [-0.2, 0) is 16.6 Å². The first-order valence-corrected chi connectivity index (χ1v) is 13.5. The van der Waals surface area contributed by atoms with Crippen molar-refractivity contribution in [2.24, 2.45) is 0 Å². The molecule has 37 heavy (non-hydrogen) atoms. The average molecular weight is 498 g/mol. The summed E-state index contributed by atoms with van der Waals surface area (Å²) >= 11 is 0. The van der Waals surface area contributed by atoms with Gasteiger partial charge in [0.2, 0.25) is 5.91 Å². The number of piperidine rings is 1. The van der Waals surface area contributed by atoms with Gasteiger partial charge in [-0.15, -0.1) is 0 Å². The highest BCUT2D eigenvalue weighted by atomic mass is 16.2. The fraction of sp³-hybridized carbons (Fsp3) is 0.433. The molecule has 0 bridgehead atoms. The van der Waals surface area contributed by atoms with E-state index in [-0.39, 0.29) is 17.1 Å². The Morgan fingerprint density at radius 1 is 1.11 bits per heavy atom. The zero-order valence-electron chi connectivity index (χ0n) is 21.9. The average Bonchev–Trinajstić information content (AvgIpc) is 3.31. The summed E-state index contributed by atoms with van der Waals surface area (Å²) in [5, 5.41) is 11.5. The van der Waals surface area contributed by atoms with Crippen molar-refractivity contribution >= 4 is 34.5 Å². The van der Waals surface area contributed by atoms with E-state index in [1.165, 1.54) is 17.5 Å². The molecular weight excluding hydrogens is 462 g/mol. The molecule has 3 aromatic rings. The number of fused-ring (bicyclic) bond motifs is 4. The van der Waals surface area contributed by atoms with E-state index in [4.69, 9.17) is 5.41 Å². The summed E-state index contributed by atoms with van der Waals surface area (Å²) in [4.78, 5) is 34.2. The number of nitrogens with zero attached hydrogens (tertiary/aromatic N) is 2. The first-order valence-electron chi connectivity index (χ1n) is 13.5. The van der Waals surface area contributed by atoms with Gasteiger partial charge >= 0.3 is 0 Å². The Kier molecular flexibility index (Phi) is 5.71. The predicted molar refractivity (Wildman–Crippen MR) is 147 cm³/mol. The maximum Gasteiger partial charge on any atom is 0.234 e. The second-order valence-electron chi connectivity index (χ2n) is 11.2. The molecule has 2 aliphatic heterocycles. The molecule has 1 aromatic heterocycles. The van der Waals surface area contributed by atoms with Crippen molar-refractivity contribution in [1.82, 2.24) is 15.2 Å². The van der Waals surface area contributed by atoms with E-state index in [2.05, 4.69) is 53.0 Å². The number of piperazine rings is 1. The van der Waals surface area contributed by atoms with Gasteiger partial charge in [0.1, 0.15) is 0 Å². The molecule has 1 amide bonds. The van der Waals surface area contributed by atoms with Gasteiger partial charge < -0.3 is 20.6 Å². The molecule has 7 heteroatoms. The van der Waals surface area contributed by atoms with Gasteiger partial charge in [0, 0.05) is 71.7 Å². The van der Waals surface area contributed by atoms with Crippen LogP contribution in [0.25, 0.3) is 10.9 Å². The Hall–Kier alpha value is -3.45. The zero-order chi connectivity index (χ0) is 25.9. The van der Waals surface area contributed by atoms with Crippen molar-refractivity contribution < 1.29 is 9.59 Å². The molecule has 2 saturated heterocycles. The monoisotopic (exact) mass is 497 g/mol. The first-order chi connectivity index (χ1) is 17.8. The number of amides is 1. The minimum atomic E-state index is -0.358. The molecule has 3 aliphatic rings. The molecule has 6 rings (SSSR count). The second-order valence-corrected chi connectivity index (χ2v) is 11.2. The van der Waals surface area contributed by atoms with Crippen molar-refractivity contribution in [1.29, 1.82) is 5.41 Å². The van der Waals surface area contributed by atoms with Crippen LogP contribution in [-0.4, -0.2) is 66.6 Å². The molecule has 3 N–H and O–H groups in total. The third-order valence-electron chi connectivity index (χ3n) is 8.75. The Labute approximate surface area is 217 Å². The lowest BCUT2D eigenvalue weighted by molar-refractivity contribution is -0.125. The van der Waals surface area contributed by atoms with Gasteiger partial charge in [-0.3, -0.25) is 14.5 Å². The lowest BCUT2D eigenvalue weighted by atomic mass is 9.70. The summed E-state index contributed by atoms with van der Waals surface area (Å²) in [5.74, 6) is 0.218. The third kappa shape index (κ3) is 3.79. The Bertz CT molecular complexity index is 1430. The lowest BCUT2D eigenvalue weighted by Gasteiger charge is -2.42. The SMILES string of the molecule is CCc1cc2c(cc1N1CCC(N3CCNC(=O)C3)CC1)C(C)(C)c1[nH]c3cc(C=N)ccc3c1C2=O. The van der Waals surface area contributed by atoms with Crippen LogP contribution in [0.2, 0.25) is 0 Å². The topological polar surface area (TPSA) is 92.3 Å². The highest BCUT2D eigenvalue weighted by molar-refractivity contribution is 6.20. The molecule has 0 saturated carbocycles. The van der Waals surface area contributed by atoms with Crippen molar-refractivity contribution in [2.45, 2.75) is 51.5 Å². The van der Waals surface area contributed by atoms with Gasteiger partial charge in [0.25, 0.3) is 0 Å². The maximum absolute atomic E-state index is 13.9. The normalized spacial score (nSPS) is 20.0. The fourth-order valence-electron chi connectivity index (χ4n) is 6.64. The number of hydrogen-bond donors (Lipinski definition) is 3. The number of benzene rings is 2. The smallest absolute Gasteiger partial charge is 0.234 e. The molecule has 3 heterocycles. The van der Waals surface area contributed by atoms with E-state index in [9.17, 15) is 9.59 Å². The summed E-state index contributed by atoms with van der Waals surface area (Å²) < 4.78 is 0. The summed E-state index contributed by atoms with van der Waals surface area (Å²) in [6.07, 6.45) is 4.28. The van der Waals surface area contributed by atoms with E-state index in [1.54, 1.807) is 0 Å². The third-order valence-corrected chi connectivity index (χ3v) is 8.75. The summed E-state index contributed by atoms with van der Waals surface area (Å²) in [6.45, 7) is 10.7. The van der Waals surface area contributed by atoms with E-state index in [1.807, 2.05) is 18.2 Å². The van der Waals surface area contributed by atoms with Crippen LogP contribution in [0.4, 0.5) is 5.69 Å². The molecule has 7 nitrogen and oxygen atoms in total. The number of rotatable bonds is 4. The highest BCUT2D eigenvalue weighted by Crippen LogP contribution is 2.46. The Balaban J connectivity index is 1.35. The first kappa shape index (κ1) is 23.9. The standard InChI is InChI=1S/C30H35N5O2/c1-4-19-14-22-23(15-25(19)34-10-7-20(8-11-34)35-12-9-32-26(36)17-35)30(2,3)29-27(28(22)37)21-6-5-18(16-31)13-24(21)33-29/h5-6,13-16,20,31,33H,4,7-12,17H2,1-3H3,(H,32,36). The van der Waals surface area contributed by atoms with Crippen molar-refractivity contribution in [3.05, 3.63) is 63.8 Å². The number of nitrogens with one attached hydrogen (secondary N) is 3. The van der Waals surface area contributed by atoms with Crippen LogP contribution < -0.4 is 10.2 Å². The van der Waals surface area contributed by atoms with Gasteiger partial charge in [-0.05, 0) is 54.2 Å². The van der Waals surface area contributed by atoms with Gasteiger partial charge in [0.05, 0.1) is 12.1 Å².